The van der Waals surface area contributed by atoms with Gasteiger partial charge >= 0.3 is 0 Å². The van der Waals surface area contributed by atoms with Gasteiger partial charge in [-0.3, -0.25) is 9.48 Å². The predicted molar refractivity (Wildman–Crippen MR) is 62.5 cm³/mol. The van der Waals surface area contributed by atoms with Crippen LogP contribution in [-0.4, -0.2) is 59.7 Å². The van der Waals surface area contributed by atoms with E-state index in [1.807, 2.05) is 0 Å². The Kier molecular flexibility index (Phi) is 5.58. The second-order valence-corrected chi connectivity index (χ2v) is 3.73. The first-order valence-corrected chi connectivity index (χ1v) is 5.53. The largest absolute Gasteiger partial charge is 0.385 e. The van der Waals surface area contributed by atoms with E-state index in [0.717, 1.165) is 6.42 Å². The van der Waals surface area contributed by atoms with Gasteiger partial charge in [-0.25, -0.2) is 0 Å². The van der Waals surface area contributed by atoms with Crippen molar-refractivity contribution in [1.29, 1.82) is 0 Å². The Hall–Kier alpha value is -1.47. The van der Waals surface area contributed by atoms with Crippen molar-refractivity contribution < 1.29 is 9.53 Å². The van der Waals surface area contributed by atoms with Crippen LogP contribution in [0.4, 0.5) is 0 Å². The van der Waals surface area contributed by atoms with Crippen LogP contribution in [0.1, 0.15) is 16.9 Å². The number of nitrogens with two attached hydrogens (primary N) is 1. The van der Waals surface area contributed by atoms with E-state index >= 15 is 0 Å². The molecule has 1 rings (SSSR count). The normalized spacial score (nSPS) is 10.5. The number of amides is 1. The first-order valence-electron chi connectivity index (χ1n) is 5.53. The maximum Gasteiger partial charge on any atom is 0.275 e. The van der Waals surface area contributed by atoms with E-state index in [4.69, 9.17) is 10.5 Å². The highest BCUT2D eigenvalue weighted by Crippen LogP contribution is 2.00. The number of rotatable bonds is 7. The highest BCUT2D eigenvalue weighted by Gasteiger charge is 2.15. The molecule has 0 aliphatic heterocycles. The van der Waals surface area contributed by atoms with E-state index in [1.165, 1.54) is 0 Å². The second-order valence-electron chi connectivity index (χ2n) is 3.73. The Morgan fingerprint density at radius 1 is 1.65 bits per heavy atom. The van der Waals surface area contributed by atoms with Crippen molar-refractivity contribution in [2.45, 2.75) is 13.0 Å². The summed E-state index contributed by atoms with van der Waals surface area (Å²) in [5.74, 6) is -0.135. The lowest BCUT2D eigenvalue weighted by atomic mass is 10.3. The van der Waals surface area contributed by atoms with Crippen LogP contribution in [0, 0.1) is 0 Å². The van der Waals surface area contributed by atoms with Crippen molar-refractivity contribution in [3.8, 4) is 0 Å². The van der Waals surface area contributed by atoms with Crippen LogP contribution in [0.25, 0.3) is 0 Å². The van der Waals surface area contributed by atoms with E-state index in [2.05, 4.69) is 10.3 Å². The summed E-state index contributed by atoms with van der Waals surface area (Å²) >= 11 is 0. The van der Waals surface area contributed by atoms with Crippen LogP contribution in [0.5, 0.6) is 0 Å². The smallest absolute Gasteiger partial charge is 0.275 e. The van der Waals surface area contributed by atoms with Crippen molar-refractivity contribution in [3.63, 3.8) is 0 Å². The molecule has 96 valence electrons. The summed E-state index contributed by atoms with van der Waals surface area (Å²) in [4.78, 5) is 13.5. The van der Waals surface area contributed by atoms with Gasteiger partial charge in [0.2, 0.25) is 0 Å². The van der Waals surface area contributed by atoms with Gasteiger partial charge < -0.3 is 15.4 Å². The summed E-state index contributed by atoms with van der Waals surface area (Å²) in [7, 11) is 3.38. The number of ether oxygens (including phenoxy) is 1. The number of hydrogen-bond donors (Lipinski definition) is 1. The zero-order chi connectivity index (χ0) is 12.7. The van der Waals surface area contributed by atoms with Gasteiger partial charge in [-0.05, 0) is 6.42 Å². The van der Waals surface area contributed by atoms with Crippen molar-refractivity contribution in [2.75, 3.05) is 33.9 Å². The third kappa shape index (κ3) is 4.12. The SMILES string of the molecule is COCCCN(C)C(=O)c1cn(CCN)nn1. The lowest BCUT2D eigenvalue weighted by Crippen LogP contribution is -2.28. The molecule has 0 aliphatic carbocycles. The lowest BCUT2D eigenvalue weighted by molar-refractivity contribution is 0.0773. The Balaban J connectivity index is 2.49. The lowest BCUT2D eigenvalue weighted by Gasteiger charge is -2.14. The summed E-state index contributed by atoms with van der Waals surface area (Å²) in [5.41, 5.74) is 5.73. The Bertz CT molecular complexity index is 352. The van der Waals surface area contributed by atoms with Crippen LogP contribution >= 0.6 is 0 Å². The minimum absolute atomic E-state index is 0.135. The molecule has 0 aromatic carbocycles. The first kappa shape index (κ1) is 13.6. The van der Waals surface area contributed by atoms with E-state index in [9.17, 15) is 4.79 Å². The van der Waals surface area contributed by atoms with Gasteiger partial charge in [-0.15, -0.1) is 5.10 Å². The van der Waals surface area contributed by atoms with Crippen LogP contribution < -0.4 is 5.73 Å². The summed E-state index contributed by atoms with van der Waals surface area (Å²) < 4.78 is 6.50. The quantitative estimate of drug-likeness (QED) is 0.641. The summed E-state index contributed by atoms with van der Waals surface area (Å²) in [6, 6.07) is 0. The molecule has 0 fully saturated rings. The van der Waals surface area contributed by atoms with Crippen LogP contribution in [-0.2, 0) is 11.3 Å². The first-order chi connectivity index (χ1) is 8.19. The molecule has 1 aromatic rings. The number of aromatic nitrogens is 3. The van der Waals surface area contributed by atoms with Crippen LogP contribution in [0.3, 0.4) is 0 Å². The van der Waals surface area contributed by atoms with E-state index in [1.54, 1.807) is 29.9 Å². The standard InChI is InChI=1S/C10H19N5O2/c1-14(5-3-7-17-2)10(16)9-8-15(6-4-11)13-12-9/h8H,3-7,11H2,1-2H3. The number of carbonyl (C=O) groups is 1. The number of hydrogen-bond acceptors (Lipinski definition) is 5. The predicted octanol–water partition coefficient (Wildman–Crippen LogP) is -0.655. The van der Waals surface area contributed by atoms with Crippen molar-refractivity contribution >= 4 is 5.91 Å². The molecule has 1 aromatic heterocycles. The third-order valence-electron chi connectivity index (χ3n) is 2.30. The summed E-state index contributed by atoms with van der Waals surface area (Å²) in [6.45, 7) is 2.31. The van der Waals surface area contributed by atoms with Crippen LogP contribution in [0.2, 0.25) is 0 Å². The number of methoxy groups -OCH3 is 1. The van der Waals surface area contributed by atoms with Gasteiger partial charge in [0.1, 0.15) is 0 Å². The molecule has 0 spiro atoms. The Labute approximate surface area is 101 Å². The molecule has 2 N–H and O–H groups in total. The zero-order valence-corrected chi connectivity index (χ0v) is 10.3. The molecule has 17 heavy (non-hydrogen) atoms. The molecular weight excluding hydrogens is 222 g/mol. The summed E-state index contributed by atoms with van der Waals surface area (Å²) in [5, 5.41) is 7.64. The van der Waals surface area contributed by atoms with Gasteiger partial charge in [0.15, 0.2) is 5.69 Å². The molecule has 0 aliphatic rings. The van der Waals surface area contributed by atoms with Gasteiger partial charge in [0.25, 0.3) is 5.91 Å². The van der Waals surface area contributed by atoms with Gasteiger partial charge in [-0.1, -0.05) is 5.21 Å². The van der Waals surface area contributed by atoms with Crippen molar-refractivity contribution in [3.05, 3.63) is 11.9 Å². The number of carbonyl (C=O) groups excluding carboxylic acids is 1. The molecule has 0 saturated carbocycles. The molecule has 1 amide bonds. The molecule has 1 heterocycles. The van der Waals surface area contributed by atoms with E-state index in [-0.39, 0.29) is 5.91 Å². The fraction of sp³-hybridized carbons (Fsp3) is 0.700. The topological polar surface area (TPSA) is 86.3 Å². The van der Waals surface area contributed by atoms with Crippen LogP contribution in [0.15, 0.2) is 6.20 Å². The Morgan fingerprint density at radius 2 is 2.41 bits per heavy atom. The van der Waals surface area contributed by atoms with Crippen molar-refractivity contribution in [1.82, 2.24) is 19.9 Å². The maximum absolute atomic E-state index is 11.9. The molecule has 0 radical (unpaired) electrons. The number of nitrogens with zero attached hydrogens (tertiary/aromatic N) is 4. The molecule has 0 atom stereocenters. The molecule has 0 unspecified atom stereocenters. The highest BCUT2D eigenvalue weighted by molar-refractivity contribution is 5.91. The fourth-order valence-electron chi connectivity index (χ4n) is 1.38. The minimum atomic E-state index is -0.135. The third-order valence-corrected chi connectivity index (χ3v) is 2.30. The van der Waals surface area contributed by atoms with Crippen molar-refractivity contribution in [2.24, 2.45) is 5.73 Å². The van der Waals surface area contributed by atoms with Gasteiger partial charge in [-0.2, -0.15) is 0 Å². The second kappa shape index (κ2) is 6.97. The average molecular weight is 241 g/mol. The van der Waals surface area contributed by atoms with Gasteiger partial charge in [0.05, 0.1) is 12.7 Å². The molecule has 0 saturated heterocycles. The van der Waals surface area contributed by atoms with E-state index in [0.29, 0.717) is 31.9 Å². The van der Waals surface area contributed by atoms with E-state index < -0.39 is 0 Å². The Morgan fingerprint density at radius 3 is 3.06 bits per heavy atom. The molecule has 7 nitrogen and oxygen atoms in total. The monoisotopic (exact) mass is 241 g/mol. The molecule has 7 heteroatoms. The molecule has 0 bridgehead atoms. The minimum Gasteiger partial charge on any atom is -0.385 e. The fourth-order valence-corrected chi connectivity index (χ4v) is 1.38. The molecular formula is C10H19N5O2. The average Bonchev–Trinajstić information content (AvgIpc) is 2.77. The summed E-state index contributed by atoms with van der Waals surface area (Å²) in [6.07, 6.45) is 2.41. The van der Waals surface area contributed by atoms with Gasteiger partial charge in [0, 0.05) is 33.9 Å². The maximum atomic E-state index is 11.9. The highest BCUT2D eigenvalue weighted by atomic mass is 16.5. The zero-order valence-electron chi connectivity index (χ0n) is 10.3.